The lowest BCUT2D eigenvalue weighted by atomic mass is 9.91. The molecule has 2 heterocycles. The number of fused-ring (bicyclic) bond motifs is 1. The summed E-state index contributed by atoms with van der Waals surface area (Å²) >= 11 is 0. The van der Waals surface area contributed by atoms with E-state index in [2.05, 4.69) is 20.4 Å². The van der Waals surface area contributed by atoms with Gasteiger partial charge in [0.25, 0.3) is 5.56 Å². The second-order valence-corrected chi connectivity index (χ2v) is 3.69. The van der Waals surface area contributed by atoms with Gasteiger partial charge >= 0.3 is 0 Å². The molecule has 1 N–H and O–H groups in total. The number of aromatic amines is 1. The number of aryl methyl sites for hydroxylation is 1. The molecule has 14 heavy (non-hydrogen) atoms. The van der Waals surface area contributed by atoms with Gasteiger partial charge in [0.2, 0.25) is 0 Å². The fourth-order valence-corrected chi connectivity index (χ4v) is 1.61. The van der Waals surface area contributed by atoms with E-state index in [1.165, 1.54) is 0 Å². The zero-order valence-corrected chi connectivity index (χ0v) is 8.46. The average molecular weight is 192 g/mol. The lowest BCUT2D eigenvalue weighted by Gasteiger charge is -2.16. The van der Waals surface area contributed by atoms with E-state index in [-0.39, 0.29) is 5.56 Å². The fraction of sp³-hybridized carbons (Fsp3) is 0.556. The summed E-state index contributed by atoms with van der Waals surface area (Å²) in [4.78, 5) is 11.6. The highest BCUT2D eigenvalue weighted by molar-refractivity contribution is 5.53. The highest BCUT2D eigenvalue weighted by atomic mass is 16.1. The lowest BCUT2D eigenvalue weighted by Crippen LogP contribution is -2.26. The number of azo groups is 1. The number of nitrogens with zero attached hydrogens (tertiary/aromatic N) is 3. The summed E-state index contributed by atoms with van der Waals surface area (Å²) in [5, 5.41) is 14.5. The maximum Gasteiger partial charge on any atom is 0.272 e. The van der Waals surface area contributed by atoms with Crippen molar-refractivity contribution < 1.29 is 0 Å². The van der Waals surface area contributed by atoms with Crippen LogP contribution in [0.4, 0.5) is 5.69 Å². The highest BCUT2D eigenvalue weighted by Crippen LogP contribution is 2.40. The van der Waals surface area contributed by atoms with Crippen LogP contribution in [-0.4, -0.2) is 10.2 Å². The third-order valence-electron chi connectivity index (χ3n) is 2.73. The largest absolute Gasteiger partial charge is 0.272 e. The maximum absolute atomic E-state index is 11.6. The SMILES string of the molecule is CCC1(C)N=Nc2c(C)n[nH]c(=O)c21. The topological polar surface area (TPSA) is 70.5 Å². The number of hydrogen-bond acceptors (Lipinski definition) is 4. The van der Waals surface area contributed by atoms with Crippen molar-refractivity contribution in [1.29, 1.82) is 0 Å². The molecule has 1 unspecified atom stereocenters. The van der Waals surface area contributed by atoms with Crippen molar-refractivity contribution in [1.82, 2.24) is 10.2 Å². The Kier molecular flexibility index (Phi) is 1.77. The molecule has 0 radical (unpaired) electrons. The van der Waals surface area contributed by atoms with Crippen LogP contribution in [0.15, 0.2) is 15.0 Å². The summed E-state index contributed by atoms with van der Waals surface area (Å²) in [7, 11) is 0. The van der Waals surface area contributed by atoms with E-state index >= 15 is 0 Å². The van der Waals surface area contributed by atoms with Gasteiger partial charge < -0.3 is 0 Å². The summed E-state index contributed by atoms with van der Waals surface area (Å²) in [5.41, 5.74) is 1.35. The van der Waals surface area contributed by atoms with Crippen LogP contribution in [0.2, 0.25) is 0 Å². The van der Waals surface area contributed by atoms with Crippen LogP contribution in [0, 0.1) is 6.92 Å². The van der Waals surface area contributed by atoms with Gasteiger partial charge in [-0.15, -0.1) is 0 Å². The maximum atomic E-state index is 11.6. The molecule has 0 aliphatic carbocycles. The van der Waals surface area contributed by atoms with Gasteiger partial charge in [0.15, 0.2) is 0 Å². The second kappa shape index (κ2) is 2.73. The number of H-pyrrole nitrogens is 1. The molecule has 0 amide bonds. The first kappa shape index (κ1) is 9.05. The Morgan fingerprint density at radius 3 is 2.86 bits per heavy atom. The van der Waals surface area contributed by atoms with E-state index < -0.39 is 5.54 Å². The Hall–Kier alpha value is -1.52. The van der Waals surface area contributed by atoms with E-state index in [1.54, 1.807) is 0 Å². The number of rotatable bonds is 1. The third kappa shape index (κ3) is 1.01. The first-order valence-electron chi connectivity index (χ1n) is 4.61. The molecule has 74 valence electrons. The van der Waals surface area contributed by atoms with E-state index in [0.29, 0.717) is 11.3 Å². The van der Waals surface area contributed by atoms with Crippen LogP contribution < -0.4 is 5.56 Å². The number of nitrogens with one attached hydrogen (secondary N) is 1. The third-order valence-corrected chi connectivity index (χ3v) is 2.73. The molecule has 5 heteroatoms. The molecule has 0 spiro atoms. The molecular formula is C9H12N4O. The van der Waals surface area contributed by atoms with Crippen LogP contribution in [0.5, 0.6) is 0 Å². The minimum Gasteiger partial charge on any atom is -0.268 e. The predicted molar refractivity (Wildman–Crippen MR) is 51.8 cm³/mol. The zero-order chi connectivity index (χ0) is 10.3. The summed E-state index contributed by atoms with van der Waals surface area (Å²) in [5.74, 6) is 0. The molecule has 1 atom stereocenters. The molecule has 0 saturated heterocycles. The van der Waals surface area contributed by atoms with Crippen molar-refractivity contribution in [2.24, 2.45) is 10.2 Å². The average Bonchev–Trinajstić information content (AvgIpc) is 2.53. The van der Waals surface area contributed by atoms with E-state index in [1.807, 2.05) is 20.8 Å². The van der Waals surface area contributed by atoms with Gasteiger partial charge in [-0.1, -0.05) is 6.92 Å². The molecule has 2 rings (SSSR count). The van der Waals surface area contributed by atoms with E-state index in [9.17, 15) is 4.79 Å². The molecule has 1 aromatic heterocycles. The van der Waals surface area contributed by atoms with Gasteiger partial charge in [0, 0.05) is 0 Å². The summed E-state index contributed by atoms with van der Waals surface area (Å²) in [6, 6.07) is 0. The monoisotopic (exact) mass is 192 g/mol. The molecule has 0 saturated carbocycles. The fourth-order valence-electron chi connectivity index (χ4n) is 1.61. The predicted octanol–water partition coefficient (Wildman–Crippen LogP) is 1.80. The highest BCUT2D eigenvalue weighted by Gasteiger charge is 2.36. The molecule has 1 aliphatic heterocycles. The smallest absolute Gasteiger partial charge is 0.268 e. The Bertz CT molecular complexity index is 462. The van der Waals surface area contributed by atoms with Crippen LogP contribution in [0.1, 0.15) is 31.5 Å². The number of aromatic nitrogens is 2. The van der Waals surface area contributed by atoms with Crippen LogP contribution in [0.25, 0.3) is 0 Å². The Labute approximate surface area is 81.3 Å². The summed E-state index contributed by atoms with van der Waals surface area (Å²) < 4.78 is 0. The molecule has 5 nitrogen and oxygen atoms in total. The Balaban J connectivity index is 2.76. The van der Waals surface area contributed by atoms with Crippen molar-refractivity contribution in [3.8, 4) is 0 Å². The summed E-state index contributed by atoms with van der Waals surface area (Å²) in [6.45, 7) is 5.72. The van der Waals surface area contributed by atoms with Crippen molar-refractivity contribution in [2.75, 3.05) is 0 Å². The van der Waals surface area contributed by atoms with Crippen molar-refractivity contribution in [2.45, 2.75) is 32.7 Å². The second-order valence-electron chi connectivity index (χ2n) is 3.69. The van der Waals surface area contributed by atoms with Crippen LogP contribution in [0.3, 0.4) is 0 Å². The van der Waals surface area contributed by atoms with E-state index in [4.69, 9.17) is 0 Å². The van der Waals surface area contributed by atoms with Crippen molar-refractivity contribution in [3.05, 3.63) is 21.6 Å². The molecule has 0 fully saturated rings. The zero-order valence-electron chi connectivity index (χ0n) is 8.46. The van der Waals surface area contributed by atoms with Gasteiger partial charge in [0.05, 0.1) is 11.3 Å². The van der Waals surface area contributed by atoms with E-state index in [0.717, 1.165) is 12.1 Å². The Morgan fingerprint density at radius 1 is 1.50 bits per heavy atom. The standard InChI is InChI=1S/C9H12N4O/c1-4-9(3)6-7(11-13-9)5(2)10-12-8(6)14/h4H2,1-3H3,(H,12,14). The molecule has 0 aromatic carbocycles. The lowest BCUT2D eigenvalue weighted by molar-refractivity contribution is 0.472. The first-order chi connectivity index (χ1) is 6.58. The Morgan fingerprint density at radius 2 is 2.21 bits per heavy atom. The van der Waals surface area contributed by atoms with Crippen molar-refractivity contribution >= 4 is 5.69 Å². The minimum absolute atomic E-state index is 0.181. The molecular weight excluding hydrogens is 180 g/mol. The van der Waals surface area contributed by atoms with Gasteiger partial charge in [-0.25, -0.2) is 5.10 Å². The molecule has 1 aromatic rings. The normalized spacial score (nSPS) is 23.9. The van der Waals surface area contributed by atoms with Gasteiger partial charge in [-0.3, -0.25) is 4.79 Å². The van der Waals surface area contributed by atoms with Gasteiger partial charge in [-0.05, 0) is 20.3 Å². The minimum atomic E-state index is -0.476. The quantitative estimate of drug-likeness (QED) is 0.736. The first-order valence-corrected chi connectivity index (χ1v) is 4.61. The van der Waals surface area contributed by atoms with Crippen LogP contribution >= 0.6 is 0 Å². The number of hydrogen-bond donors (Lipinski definition) is 1. The van der Waals surface area contributed by atoms with Gasteiger partial charge in [0.1, 0.15) is 11.2 Å². The molecule has 0 bridgehead atoms. The van der Waals surface area contributed by atoms with Crippen LogP contribution in [-0.2, 0) is 5.54 Å². The molecule has 1 aliphatic rings. The van der Waals surface area contributed by atoms with Gasteiger partial charge in [-0.2, -0.15) is 15.3 Å². The summed E-state index contributed by atoms with van der Waals surface area (Å²) in [6.07, 6.45) is 0.760. The van der Waals surface area contributed by atoms with Crippen molar-refractivity contribution in [3.63, 3.8) is 0 Å².